The fourth-order valence-electron chi connectivity index (χ4n) is 3.41. The minimum Gasteiger partial charge on any atom is -0.461 e. The second kappa shape index (κ2) is 8.35. The number of aromatic nitrogens is 4. The molecule has 0 unspecified atom stereocenters. The van der Waals surface area contributed by atoms with Crippen LogP contribution in [-0.2, 0) is 4.74 Å². The Labute approximate surface area is 163 Å². The Bertz CT molecular complexity index is 950. The maximum atomic E-state index is 12.1. The molecule has 8 nitrogen and oxygen atoms in total. The number of fused-ring (bicyclic) bond motifs is 1. The van der Waals surface area contributed by atoms with Crippen molar-refractivity contribution < 1.29 is 9.53 Å². The first-order chi connectivity index (χ1) is 13.7. The number of rotatable bonds is 6. The van der Waals surface area contributed by atoms with Crippen molar-refractivity contribution in [1.29, 1.82) is 0 Å². The number of nitrogens with zero attached hydrogens (tertiary/aromatic N) is 4. The smallest absolute Gasteiger partial charge is 0.358 e. The van der Waals surface area contributed by atoms with Gasteiger partial charge in [-0.1, -0.05) is 0 Å². The van der Waals surface area contributed by atoms with Gasteiger partial charge in [0.1, 0.15) is 0 Å². The molecule has 1 aliphatic rings. The highest BCUT2D eigenvalue weighted by atomic mass is 16.5. The van der Waals surface area contributed by atoms with Crippen molar-refractivity contribution in [3.63, 3.8) is 0 Å². The predicted molar refractivity (Wildman–Crippen MR) is 106 cm³/mol. The van der Waals surface area contributed by atoms with Gasteiger partial charge in [-0.2, -0.15) is 0 Å². The fourth-order valence-corrected chi connectivity index (χ4v) is 3.41. The summed E-state index contributed by atoms with van der Waals surface area (Å²) in [6, 6.07) is 3.82. The first kappa shape index (κ1) is 18.4. The van der Waals surface area contributed by atoms with Crippen molar-refractivity contribution in [1.82, 2.24) is 24.7 Å². The molecule has 0 amide bonds. The quantitative estimate of drug-likeness (QED) is 0.634. The van der Waals surface area contributed by atoms with Gasteiger partial charge in [-0.25, -0.2) is 14.8 Å². The first-order valence-corrected chi connectivity index (χ1v) is 9.66. The number of piperidine rings is 1. The van der Waals surface area contributed by atoms with E-state index < -0.39 is 5.97 Å². The number of pyridine rings is 1. The molecule has 0 atom stereocenters. The molecule has 0 spiro atoms. The van der Waals surface area contributed by atoms with Gasteiger partial charge in [-0.3, -0.25) is 4.98 Å². The van der Waals surface area contributed by atoms with Gasteiger partial charge < -0.3 is 19.8 Å². The van der Waals surface area contributed by atoms with E-state index >= 15 is 0 Å². The van der Waals surface area contributed by atoms with E-state index in [2.05, 4.69) is 20.6 Å². The highest BCUT2D eigenvalue weighted by molar-refractivity contribution is 5.89. The number of hydrogen-bond donors (Lipinski definition) is 2. The van der Waals surface area contributed by atoms with Crippen LogP contribution in [-0.4, -0.2) is 51.6 Å². The normalized spacial score (nSPS) is 14.9. The molecule has 1 aliphatic heterocycles. The molecular formula is C20H24N6O2. The first-order valence-electron chi connectivity index (χ1n) is 9.66. The lowest BCUT2D eigenvalue weighted by Gasteiger charge is -2.23. The van der Waals surface area contributed by atoms with Crippen LogP contribution in [0.15, 0.2) is 36.9 Å². The second-order valence-electron chi connectivity index (χ2n) is 6.86. The summed E-state index contributed by atoms with van der Waals surface area (Å²) in [6.45, 7) is 5.01. The second-order valence-corrected chi connectivity index (χ2v) is 6.86. The van der Waals surface area contributed by atoms with Crippen LogP contribution in [0.5, 0.6) is 0 Å². The van der Waals surface area contributed by atoms with Crippen LogP contribution in [0.2, 0.25) is 0 Å². The van der Waals surface area contributed by atoms with E-state index in [9.17, 15) is 4.79 Å². The average Bonchev–Trinajstić information content (AvgIpc) is 3.18. The highest BCUT2D eigenvalue weighted by Crippen LogP contribution is 2.23. The summed E-state index contributed by atoms with van der Waals surface area (Å²) in [5, 5.41) is 6.85. The number of hydrogen-bond acceptors (Lipinski definition) is 7. The summed E-state index contributed by atoms with van der Waals surface area (Å²) >= 11 is 0. The van der Waals surface area contributed by atoms with E-state index in [0.29, 0.717) is 24.0 Å². The van der Waals surface area contributed by atoms with Gasteiger partial charge in [0.15, 0.2) is 17.2 Å². The summed E-state index contributed by atoms with van der Waals surface area (Å²) in [5.41, 5.74) is 2.64. The zero-order valence-electron chi connectivity index (χ0n) is 15.9. The van der Waals surface area contributed by atoms with Gasteiger partial charge in [0, 0.05) is 36.9 Å². The van der Waals surface area contributed by atoms with Crippen LogP contribution in [0.4, 0.5) is 5.82 Å². The molecule has 4 heterocycles. The number of carbonyl (C=O) groups is 1. The van der Waals surface area contributed by atoms with E-state index in [1.807, 2.05) is 22.7 Å². The molecule has 0 saturated carbocycles. The molecule has 1 saturated heterocycles. The van der Waals surface area contributed by atoms with Crippen LogP contribution >= 0.6 is 0 Å². The molecule has 0 bridgehead atoms. The van der Waals surface area contributed by atoms with Crippen molar-refractivity contribution in [2.75, 3.05) is 31.6 Å². The number of anilines is 1. The van der Waals surface area contributed by atoms with Crippen molar-refractivity contribution in [2.45, 2.75) is 19.8 Å². The van der Waals surface area contributed by atoms with Crippen LogP contribution < -0.4 is 10.6 Å². The van der Waals surface area contributed by atoms with Gasteiger partial charge in [0.25, 0.3) is 0 Å². The van der Waals surface area contributed by atoms with Gasteiger partial charge in [0.2, 0.25) is 0 Å². The molecule has 1 fully saturated rings. The molecule has 0 aromatic carbocycles. The number of imidazole rings is 1. The maximum Gasteiger partial charge on any atom is 0.358 e. The average molecular weight is 380 g/mol. The van der Waals surface area contributed by atoms with E-state index in [4.69, 9.17) is 9.72 Å². The van der Waals surface area contributed by atoms with Crippen molar-refractivity contribution in [3.05, 3.63) is 42.6 Å². The Kier molecular flexibility index (Phi) is 5.48. The molecular weight excluding hydrogens is 356 g/mol. The zero-order valence-corrected chi connectivity index (χ0v) is 15.9. The van der Waals surface area contributed by atoms with Crippen molar-refractivity contribution >= 4 is 17.4 Å². The Hall–Kier alpha value is -3.00. The Balaban J connectivity index is 1.69. The minimum absolute atomic E-state index is 0.278. The number of carbonyl (C=O) groups excluding carboxylic acids is 1. The lowest BCUT2D eigenvalue weighted by Crippen LogP contribution is -2.31. The van der Waals surface area contributed by atoms with Crippen LogP contribution in [0, 0.1) is 5.92 Å². The summed E-state index contributed by atoms with van der Waals surface area (Å²) in [5.74, 6) is 0.830. The van der Waals surface area contributed by atoms with Gasteiger partial charge >= 0.3 is 5.97 Å². The lowest BCUT2D eigenvalue weighted by atomic mass is 9.98. The molecule has 0 aliphatic carbocycles. The maximum absolute atomic E-state index is 12.1. The molecule has 28 heavy (non-hydrogen) atoms. The fraction of sp³-hybridized carbons (Fsp3) is 0.400. The topological polar surface area (TPSA) is 93.4 Å². The standard InChI is InChI=1S/C20H24N6O2/c1-2-28-20(27)17-13-26-12-16(15-5-9-22-10-6-15)24-18(19(26)25-17)23-11-14-3-7-21-8-4-14/h5-6,9-10,12-14,21H,2-4,7-8,11H2,1H3,(H,23,24). The Morgan fingerprint density at radius 1 is 1.25 bits per heavy atom. The third kappa shape index (κ3) is 3.96. The molecule has 4 rings (SSSR count). The summed E-state index contributed by atoms with van der Waals surface area (Å²) in [6.07, 6.45) is 9.31. The lowest BCUT2D eigenvalue weighted by molar-refractivity contribution is 0.0520. The predicted octanol–water partition coefficient (Wildman–Crippen LogP) is 2.38. The van der Waals surface area contributed by atoms with Gasteiger partial charge in [0.05, 0.1) is 12.3 Å². The monoisotopic (exact) mass is 380 g/mol. The Morgan fingerprint density at radius 2 is 2.04 bits per heavy atom. The molecule has 8 heteroatoms. The van der Waals surface area contributed by atoms with E-state index in [1.165, 1.54) is 0 Å². The van der Waals surface area contributed by atoms with Crippen molar-refractivity contribution in [3.8, 4) is 11.3 Å². The SMILES string of the molecule is CCOC(=O)c1cn2cc(-c3ccncc3)nc(NCC3CCNCC3)c2n1. The Morgan fingerprint density at radius 3 is 2.79 bits per heavy atom. The summed E-state index contributed by atoms with van der Waals surface area (Å²) in [7, 11) is 0. The van der Waals surface area contributed by atoms with Gasteiger partial charge in [-0.05, 0) is 50.9 Å². The largest absolute Gasteiger partial charge is 0.461 e. The summed E-state index contributed by atoms with van der Waals surface area (Å²) < 4.78 is 6.93. The van der Waals surface area contributed by atoms with E-state index in [-0.39, 0.29) is 5.69 Å². The zero-order chi connectivity index (χ0) is 19.3. The van der Waals surface area contributed by atoms with Crippen molar-refractivity contribution in [2.24, 2.45) is 5.92 Å². The third-order valence-electron chi connectivity index (χ3n) is 4.92. The molecule has 3 aromatic heterocycles. The molecule has 146 valence electrons. The van der Waals surface area contributed by atoms with Gasteiger partial charge in [-0.15, -0.1) is 0 Å². The molecule has 3 aromatic rings. The minimum atomic E-state index is -0.430. The van der Waals surface area contributed by atoms with Crippen LogP contribution in [0.3, 0.4) is 0 Å². The molecule has 2 N–H and O–H groups in total. The number of esters is 1. The highest BCUT2D eigenvalue weighted by Gasteiger charge is 2.18. The van der Waals surface area contributed by atoms with Crippen LogP contribution in [0.25, 0.3) is 16.9 Å². The molecule has 0 radical (unpaired) electrons. The third-order valence-corrected chi connectivity index (χ3v) is 4.92. The number of ether oxygens (including phenoxy) is 1. The van der Waals surface area contributed by atoms with E-state index in [0.717, 1.165) is 43.7 Å². The van der Waals surface area contributed by atoms with E-state index in [1.54, 1.807) is 25.5 Å². The van der Waals surface area contributed by atoms with Crippen LogP contribution in [0.1, 0.15) is 30.3 Å². The summed E-state index contributed by atoms with van der Waals surface area (Å²) in [4.78, 5) is 25.5. The number of nitrogens with one attached hydrogen (secondary N) is 2.